The maximum Gasteiger partial charge on any atom is 0.339 e. The van der Waals surface area contributed by atoms with Gasteiger partial charge in [0.25, 0.3) is 5.91 Å². The summed E-state index contributed by atoms with van der Waals surface area (Å²) in [6, 6.07) is 20.5. The minimum atomic E-state index is -0.696. The smallest absolute Gasteiger partial charge is 0.339 e. The summed E-state index contributed by atoms with van der Waals surface area (Å²) in [4.78, 5) is 41.2. The first-order valence-electron chi connectivity index (χ1n) is 10.3. The average Bonchev–Trinajstić information content (AvgIpc) is 2.87. The molecule has 0 saturated carbocycles. The molecule has 1 aromatic heterocycles. The van der Waals surface area contributed by atoms with Crippen LogP contribution in [0, 0.1) is 5.82 Å². The standard InChI is InChI=1S/C26H19FN2O5/c1-33-25(31)17-8-12-19(13-9-17)28-24(30)15-34-26(32)21-14-23(16-6-10-18(27)11-7-16)29-22-5-3-2-4-20(21)22/h2-14H,15H2,1H3,(H,28,30). The van der Waals surface area contributed by atoms with Crippen molar-refractivity contribution in [3.05, 3.63) is 95.8 Å². The number of halogens is 1. The SMILES string of the molecule is COC(=O)c1ccc(NC(=O)COC(=O)c2cc(-c3ccc(F)cc3)nc3ccccc23)cc1. The summed E-state index contributed by atoms with van der Waals surface area (Å²) >= 11 is 0. The number of pyridine rings is 1. The van der Waals surface area contributed by atoms with Gasteiger partial charge in [0.2, 0.25) is 0 Å². The maximum atomic E-state index is 13.3. The predicted octanol–water partition coefficient (Wildman–Crippen LogP) is 4.62. The van der Waals surface area contributed by atoms with Crippen molar-refractivity contribution in [3.63, 3.8) is 0 Å². The van der Waals surface area contributed by atoms with Gasteiger partial charge in [-0.3, -0.25) is 4.79 Å². The van der Waals surface area contributed by atoms with Crippen molar-refractivity contribution in [3.8, 4) is 11.3 Å². The molecule has 0 aliphatic carbocycles. The number of benzene rings is 3. The summed E-state index contributed by atoms with van der Waals surface area (Å²) in [5.41, 5.74) is 2.68. The van der Waals surface area contributed by atoms with E-state index in [0.29, 0.717) is 33.4 Å². The zero-order valence-electron chi connectivity index (χ0n) is 18.1. The van der Waals surface area contributed by atoms with E-state index in [2.05, 4.69) is 15.0 Å². The van der Waals surface area contributed by atoms with E-state index in [-0.39, 0.29) is 11.4 Å². The molecule has 0 saturated heterocycles. The number of esters is 2. The lowest BCUT2D eigenvalue weighted by Gasteiger charge is -2.11. The Morgan fingerprint density at radius 1 is 0.912 bits per heavy atom. The van der Waals surface area contributed by atoms with Crippen LogP contribution in [0.15, 0.2) is 78.9 Å². The largest absolute Gasteiger partial charge is 0.465 e. The van der Waals surface area contributed by atoms with Gasteiger partial charge in [-0.2, -0.15) is 0 Å². The van der Waals surface area contributed by atoms with Gasteiger partial charge in [0.1, 0.15) is 5.82 Å². The van der Waals surface area contributed by atoms with Gasteiger partial charge < -0.3 is 14.8 Å². The van der Waals surface area contributed by atoms with E-state index < -0.39 is 24.5 Å². The van der Waals surface area contributed by atoms with Crippen molar-refractivity contribution in [1.29, 1.82) is 0 Å². The molecule has 0 atom stereocenters. The molecule has 0 radical (unpaired) electrons. The summed E-state index contributed by atoms with van der Waals surface area (Å²) in [5, 5.41) is 3.16. The number of para-hydroxylation sites is 1. The number of nitrogens with zero attached hydrogens (tertiary/aromatic N) is 1. The first kappa shape index (κ1) is 22.6. The van der Waals surface area contributed by atoms with Crippen LogP contribution in [-0.4, -0.2) is 36.5 Å². The van der Waals surface area contributed by atoms with Crippen LogP contribution in [-0.2, 0) is 14.3 Å². The van der Waals surface area contributed by atoms with Gasteiger partial charge in [0.05, 0.1) is 29.4 Å². The van der Waals surface area contributed by atoms with Gasteiger partial charge in [-0.1, -0.05) is 18.2 Å². The molecule has 3 aromatic carbocycles. The Bertz CT molecular complexity index is 1370. The summed E-state index contributed by atoms with van der Waals surface area (Å²) in [6.07, 6.45) is 0. The zero-order chi connectivity index (χ0) is 24.1. The van der Waals surface area contributed by atoms with Crippen LogP contribution in [0.25, 0.3) is 22.2 Å². The molecule has 0 bridgehead atoms. The number of anilines is 1. The number of methoxy groups -OCH3 is 1. The number of ether oxygens (including phenoxy) is 2. The summed E-state index contributed by atoms with van der Waals surface area (Å²) in [7, 11) is 1.28. The highest BCUT2D eigenvalue weighted by Gasteiger charge is 2.17. The van der Waals surface area contributed by atoms with E-state index in [4.69, 9.17) is 4.74 Å². The number of amides is 1. The molecule has 4 aromatic rings. The summed E-state index contributed by atoms with van der Waals surface area (Å²) < 4.78 is 23.2. The maximum absolute atomic E-state index is 13.3. The third-order valence-corrected chi connectivity index (χ3v) is 5.00. The van der Waals surface area contributed by atoms with Crippen LogP contribution >= 0.6 is 0 Å². The van der Waals surface area contributed by atoms with Gasteiger partial charge in [0.15, 0.2) is 6.61 Å². The van der Waals surface area contributed by atoms with E-state index in [1.165, 1.54) is 43.5 Å². The second-order valence-corrected chi connectivity index (χ2v) is 7.27. The fourth-order valence-corrected chi connectivity index (χ4v) is 3.33. The molecule has 4 rings (SSSR count). The molecule has 7 nitrogen and oxygen atoms in total. The van der Waals surface area contributed by atoms with Gasteiger partial charge in [-0.25, -0.2) is 19.0 Å². The molecule has 0 aliphatic rings. The van der Waals surface area contributed by atoms with E-state index in [9.17, 15) is 18.8 Å². The van der Waals surface area contributed by atoms with Crippen LogP contribution in [0.3, 0.4) is 0 Å². The highest BCUT2D eigenvalue weighted by Crippen LogP contribution is 2.25. The number of rotatable bonds is 6. The Labute approximate surface area is 194 Å². The fraction of sp³-hybridized carbons (Fsp3) is 0.0769. The molecule has 1 N–H and O–H groups in total. The van der Waals surface area contributed by atoms with Crippen molar-refractivity contribution in [2.45, 2.75) is 0 Å². The van der Waals surface area contributed by atoms with E-state index in [1.54, 1.807) is 42.5 Å². The highest BCUT2D eigenvalue weighted by molar-refractivity contribution is 6.05. The van der Waals surface area contributed by atoms with Crippen molar-refractivity contribution >= 4 is 34.4 Å². The zero-order valence-corrected chi connectivity index (χ0v) is 18.1. The minimum Gasteiger partial charge on any atom is -0.465 e. The molecule has 8 heteroatoms. The number of nitrogens with one attached hydrogen (secondary N) is 1. The summed E-state index contributed by atoms with van der Waals surface area (Å²) in [6.45, 7) is -0.514. The number of carbonyl (C=O) groups is 3. The molecule has 0 spiro atoms. The van der Waals surface area contributed by atoms with Crippen LogP contribution in [0.2, 0.25) is 0 Å². The van der Waals surface area contributed by atoms with Gasteiger partial charge in [0, 0.05) is 16.6 Å². The number of hydrogen-bond acceptors (Lipinski definition) is 6. The molecule has 1 amide bonds. The monoisotopic (exact) mass is 458 g/mol. The van der Waals surface area contributed by atoms with Crippen molar-refractivity contribution in [2.75, 3.05) is 19.0 Å². The third-order valence-electron chi connectivity index (χ3n) is 5.00. The van der Waals surface area contributed by atoms with E-state index >= 15 is 0 Å². The second kappa shape index (κ2) is 9.91. The Morgan fingerprint density at radius 3 is 2.32 bits per heavy atom. The van der Waals surface area contributed by atoms with Crippen LogP contribution in [0.1, 0.15) is 20.7 Å². The molecular formula is C26H19FN2O5. The molecule has 0 fully saturated rings. The normalized spacial score (nSPS) is 10.5. The van der Waals surface area contributed by atoms with Gasteiger partial charge in [-0.05, 0) is 60.7 Å². The lowest BCUT2D eigenvalue weighted by atomic mass is 10.0. The first-order chi connectivity index (χ1) is 16.4. The first-order valence-corrected chi connectivity index (χ1v) is 10.3. The Hall–Kier alpha value is -4.59. The van der Waals surface area contributed by atoms with E-state index in [1.807, 2.05) is 0 Å². The number of carbonyl (C=O) groups excluding carboxylic acids is 3. The van der Waals surface area contributed by atoms with Gasteiger partial charge in [-0.15, -0.1) is 0 Å². The number of aromatic nitrogens is 1. The molecule has 0 unspecified atom stereocenters. The molecular weight excluding hydrogens is 439 g/mol. The Morgan fingerprint density at radius 2 is 1.62 bits per heavy atom. The average molecular weight is 458 g/mol. The van der Waals surface area contributed by atoms with Gasteiger partial charge >= 0.3 is 11.9 Å². The lowest BCUT2D eigenvalue weighted by Crippen LogP contribution is -2.21. The predicted molar refractivity (Wildman–Crippen MR) is 124 cm³/mol. The number of hydrogen-bond donors (Lipinski definition) is 1. The second-order valence-electron chi connectivity index (χ2n) is 7.27. The topological polar surface area (TPSA) is 94.6 Å². The third kappa shape index (κ3) is 5.07. The summed E-state index contributed by atoms with van der Waals surface area (Å²) in [5.74, 6) is -2.11. The molecule has 1 heterocycles. The fourth-order valence-electron chi connectivity index (χ4n) is 3.33. The Kier molecular flexibility index (Phi) is 6.59. The van der Waals surface area contributed by atoms with Crippen LogP contribution in [0.5, 0.6) is 0 Å². The Balaban J connectivity index is 1.49. The quantitative estimate of drug-likeness (QED) is 0.424. The van der Waals surface area contributed by atoms with E-state index in [0.717, 1.165) is 0 Å². The van der Waals surface area contributed by atoms with Crippen molar-refractivity contribution < 1.29 is 28.2 Å². The van der Waals surface area contributed by atoms with Crippen LogP contribution in [0.4, 0.5) is 10.1 Å². The van der Waals surface area contributed by atoms with Crippen LogP contribution < -0.4 is 5.32 Å². The number of fused-ring (bicyclic) bond motifs is 1. The molecule has 170 valence electrons. The van der Waals surface area contributed by atoms with Crippen molar-refractivity contribution in [2.24, 2.45) is 0 Å². The minimum absolute atomic E-state index is 0.236. The lowest BCUT2D eigenvalue weighted by molar-refractivity contribution is -0.119. The molecule has 0 aliphatic heterocycles. The highest BCUT2D eigenvalue weighted by atomic mass is 19.1. The molecule has 34 heavy (non-hydrogen) atoms. The van der Waals surface area contributed by atoms with Crippen molar-refractivity contribution in [1.82, 2.24) is 4.98 Å².